The molecule has 2 rings (SSSR count). The number of rotatable bonds is 5. The molecule has 0 saturated heterocycles. The predicted molar refractivity (Wildman–Crippen MR) is 80.5 cm³/mol. The maximum Gasteiger partial charge on any atom is 0.494 e. The van der Waals surface area contributed by atoms with Crippen LogP contribution in [0.3, 0.4) is 0 Å². The second kappa shape index (κ2) is 7.22. The van der Waals surface area contributed by atoms with Gasteiger partial charge in [0.1, 0.15) is 5.75 Å². The highest BCUT2D eigenvalue weighted by Crippen LogP contribution is 2.31. The standard InChI is InChI=1S/C13H12BF3N2O3S/c1-18-23-10-6-11(14(20)21)12(19-7-10)22-9-4-2-8(3-5-9)13(15,16)17/h2-7,18,20-21H,1H3. The molecule has 0 aliphatic carbocycles. The van der Waals surface area contributed by atoms with Gasteiger partial charge in [-0.25, -0.2) is 4.98 Å². The Balaban J connectivity index is 2.25. The van der Waals surface area contributed by atoms with Gasteiger partial charge in [-0.3, -0.25) is 4.72 Å². The van der Waals surface area contributed by atoms with Gasteiger partial charge >= 0.3 is 13.3 Å². The smallest absolute Gasteiger partial charge is 0.439 e. The molecule has 0 unspecified atom stereocenters. The first kappa shape index (κ1) is 17.6. The molecule has 0 atom stereocenters. The van der Waals surface area contributed by atoms with E-state index in [-0.39, 0.29) is 17.1 Å². The van der Waals surface area contributed by atoms with Crippen LogP contribution in [-0.2, 0) is 6.18 Å². The molecule has 0 spiro atoms. The second-order valence-corrected chi connectivity index (χ2v) is 5.45. The third-order valence-corrected chi connectivity index (χ3v) is 3.41. The molecule has 0 aliphatic rings. The van der Waals surface area contributed by atoms with Gasteiger partial charge in [-0.05, 0) is 49.3 Å². The van der Waals surface area contributed by atoms with Crippen LogP contribution in [0.25, 0.3) is 0 Å². The van der Waals surface area contributed by atoms with Crippen molar-refractivity contribution in [3.63, 3.8) is 0 Å². The summed E-state index contributed by atoms with van der Waals surface area (Å²) in [6.07, 6.45) is -3.00. The molecule has 5 nitrogen and oxygen atoms in total. The molecule has 23 heavy (non-hydrogen) atoms. The number of benzene rings is 1. The van der Waals surface area contributed by atoms with Gasteiger partial charge in [-0.2, -0.15) is 13.2 Å². The minimum absolute atomic E-state index is 0.00477. The van der Waals surface area contributed by atoms with E-state index in [4.69, 9.17) is 4.74 Å². The first-order chi connectivity index (χ1) is 10.8. The molecule has 0 saturated carbocycles. The fraction of sp³-hybridized carbons (Fsp3) is 0.154. The summed E-state index contributed by atoms with van der Waals surface area (Å²) in [5.74, 6) is 0.00151. The molecule has 3 N–H and O–H groups in total. The first-order valence-electron chi connectivity index (χ1n) is 6.36. The fourth-order valence-electron chi connectivity index (χ4n) is 1.72. The van der Waals surface area contributed by atoms with Crippen molar-refractivity contribution in [1.82, 2.24) is 9.71 Å². The Labute approximate surface area is 134 Å². The maximum absolute atomic E-state index is 12.5. The summed E-state index contributed by atoms with van der Waals surface area (Å²) in [5.41, 5.74) is -0.800. The number of ether oxygens (including phenoxy) is 1. The predicted octanol–water partition coefficient (Wildman–Crippen LogP) is 1.80. The van der Waals surface area contributed by atoms with Gasteiger partial charge in [-0.15, -0.1) is 0 Å². The topological polar surface area (TPSA) is 74.6 Å². The number of aromatic nitrogens is 1. The van der Waals surface area contributed by atoms with Crippen molar-refractivity contribution in [3.8, 4) is 11.6 Å². The SMILES string of the molecule is CNSc1cnc(Oc2ccc(C(F)(F)F)cc2)c(B(O)O)c1. The average Bonchev–Trinajstić information content (AvgIpc) is 2.48. The van der Waals surface area contributed by atoms with E-state index in [1.165, 1.54) is 24.2 Å². The van der Waals surface area contributed by atoms with Gasteiger partial charge in [0.2, 0.25) is 5.88 Å². The number of nitrogens with one attached hydrogen (secondary N) is 1. The number of pyridine rings is 1. The fourth-order valence-corrected chi connectivity index (χ4v) is 2.24. The Morgan fingerprint density at radius 2 is 1.87 bits per heavy atom. The number of alkyl halides is 3. The van der Waals surface area contributed by atoms with Gasteiger partial charge in [0.25, 0.3) is 0 Å². The van der Waals surface area contributed by atoms with Crippen LogP contribution in [0.1, 0.15) is 5.56 Å². The highest BCUT2D eigenvalue weighted by molar-refractivity contribution is 7.97. The molecule has 0 amide bonds. The van der Waals surface area contributed by atoms with Gasteiger partial charge in [0.15, 0.2) is 0 Å². The van der Waals surface area contributed by atoms with E-state index < -0.39 is 18.9 Å². The molecule has 0 aliphatic heterocycles. The van der Waals surface area contributed by atoms with Crippen molar-refractivity contribution in [2.75, 3.05) is 7.05 Å². The van der Waals surface area contributed by atoms with Crippen LogP contribution in [0.4, 0.5) is 13.2 Å². The number of hydrogen-bond acceptors (Lipinski definition) is 6. The zero-order valence-corrected chi connectivity index (χ0v) is 12.6. The Bertz CT molecular complexity index is 669. The van der Waals surface area contributed by atoms with Crippen molar-refractivity contribution in [3.05, 3.63) is 42.1 Å². The first-order valence-corrected chi connectivity index (χ1v) is 7.17. The van der Waals surface area contributed by atoms with Crippen LogP contribution in [-0.4, -0.2) is 29.2 Å². The summed E-state index contributed by atoms with van der Waals surface area (Å²) >= 11 is 1.21. The molecule has 10 heteroatoms. The normalized spacial score (nSPS) is 11.4. The van der Waals surface area contributed by atoms with Crippen molar-refractivity contribution in [2.24, 2.45) is 0 Å². The highest BCUT2D eigenvalue weighted by atomic mass is 32.2. The van der Waals surface area contributed by atoms with Crippen LogP contribution in [0.15, 0.2) is 41.4 Å². The molecule has 1 aromatic heterocycles. The van der Waals surface area contributed by atoms with Crippen molar-refractivity contribution >= 4 is 24.5 Å². The van der Waals surface area contributed by atoms with Crippen LogP contribution < -0.4 is 14.9 Å². The molecule has 1 heterocycles. The van der Waals surface area contributed by atoms with E-state index in [9.17, 15) is 23.2 Å². The lowest BCUT2D eigenvalue weighted by molar-refractivity contribution is -0.137. The summed E-state index contributed by atoms with van der Waals surface area (Å²) in [6, 6.07) is 5.46. The third-order valence-electron chi connectivity index (χ3n) is 2.75. The lowest BCUT2D eigenvalue weighted by Crippen LogP contribution is -2.32. The second-order valence-electron chi connectivity index (χ2n) is 4.37. The van der Waals surface area contributed by atoms with Crippen molar-refractivity contribution < 1.29 is 28.0 Å². The van der Waals surface area contributed by atoms with Gasteiger partial charge in [-0.1, -0.05) is 0 Å². The summed E-state index contributed by atoms with van der Waals surface area (Å²) in [4.78, 5) is 4.58. The molecular formula is C13H12BF3N2O3S. The van der Waals surface area contributed by atoms with E-state index in [0.29, 0.717) is 4.90 Å². The van der Waals surface area contributed by atoms with Gasteiger partial charge in [0, 0.05) is 16.6 Å². The Hall–Kier alpha value is -1.75. The molecule has 1 aromatic carbocycles. The molecular weight excluding hydrogens is 332 g/mol. The monoisotopic (exact) mass is 344 g/mol. The summed E-state index contributed by atoms with van der Waals surface area (Å²) < 4.78 is 45.7. The van der Waals surface area contributed by atoms with E-state index in [1.54, 1.807) is 7.05 Å². The lowest BCUT2D eigenvalue weighted by Gasteiger charge is -2.12. The zero-order chi connectivity index (χ0) is 17.0. The number of hydrogen-bond donors (Lipinski definition) is 3. The van der Waals surface area contributed by atoms with E-state index in [2.05, 4.69) is 9.71 Å². The third kappa shape index (κ3) is 4.61. The van der Waals surface area contributed by atoms with Crippen molar-refractivity contribution in [2.45, 2.75) is 11.1 Å². The lowest BCUT2D eigenvalue weighted by atomic mass is 9.81. The minimum atomic E-state index is -4.44. The van der Waals surface area contributed by atoms with Crippen LogP contribution in [0.2, 0.25) is 0 Å². The van der Waals surface area contributed by atoms with Crippen LogP contribution in [0.5, 0.6) is 11.6 Å². The summed E-state index contributed by atoms with van der Waals surface area (Å²) in [6.45, 7) is 0. The van der Waals surface area contributed by atoms with Gasteiger partial charge < -0.3 is 14.8 Å². The number of halogens is 3. The number of nitrogens with zero attached hydrogens (tertiary/aromatic N) is 1. The van der Waals surface area contributed by atoms with Crippen LogP contribution in [0, 0.1) is 0 Å². The molecule has 2 aromatic rings. The zero-order valence-electron chi connectivity index (χ0n) is 11.8. The molecule has 122 valence electrons. The van der Waals surface area contributed by atoms with E-state index in [0.717, 1.165) is 24.3 Å². The maximum atomic E-state index is 12.5. The molecule has 0 fully saturated rings. The molecule has 0 bridgehead atoms. The Kier molecular flexibility index (Phi) is 5.53. The van der Waals surface area contributed by atoms with E-state index in [1.807, 2.05) is 0 Å². The highest BCUT2D eigenvalue weighted by Gasteiger charge is 2.30. The minimum Gasteiger partial charge on any atom is -0.439 e. The van der Waals surface area contributed by atoms with Crippen LogP contribution >= 0.6 is 11.9 Å². The van der Waals surface area contributed by atoms with E-state index >= 15 is 0 Å². The van der Waals surface area contributed by atoms with Gasteiger partial charge in [0.05, 0.1) is 5.56 Å². The quantitative estimate of drug-likeness (QED) is 0.567. The average molecular weight is 344 g/mol. The summed E-state index contributed by atoms with van der Waals surface area (Å²) in [7, 11) is -0.142. The largest absolute Gasteiger partial charge is 0.494 e. The summed E-state index contributed by atoms with van der Waals surface area (Å²) in [5, 5.41) is 18.8. The Morgan fingerprint density at radius 3 is 2.39 bits per heavy atom. The molecule has 0 radical (unpaired) electrons. The Morgan fingerprint density at radius 1 is 1.22 bits per heavy atom. The van der Waals surface area contributed by atoms with Crippen molar-refractivity contribution in [1.29, 1.82) is 0 Å².